The highest BCUT2D eigenvalue weighted by Crippen LogP contribution is 2.47. The van der Waals surface area contributed by atoms with E-state index in [-0.39, 0.29) is 22.7 Å². The van der Waals surface area contributed by atoms with E-state index in [1.807, 2.05) is 19.9 Å². The van der Waals surface area contributed by atoms with Gasteiger partial charge in [-0.15, -0.1) is 0 Å². The third kappa shape index (κ3) is 2.61. The van der Waals surface area contributed by atoms with Gasteiger partial charge in [-0.1, -0.05) is 26.0 Å². The molecule has 1 unspecified atom stereocenters. The number of halogens is 1. The van der Waals surface area contributed by atoms with E-state index in [2.05, 4.69) is 0 Å². The molecule has 4 nitrogen and oxygen atoms in total. The summed E-state index contributed by atoms with van der Waals surface area (Å²) >= 11 is 0. The van der Waals surface area contributed by atoms with Gasteiger partial charge in [0.2, 0.25) is 5.88 Å². The Bertz CT molecular complexity index is 799. The van der Waals surface area contributed by atoms with Crippen LogP contribution in [0.4, 0.5) is 4.39 Å². The summed E-state index contributed by atoms with van der Waals surface area (Å²) in [6.45, 7) is 3.96. The normalized spacial score (nSPS) is 23.2. The van der Waals surface area contributed by atoms with Gasteiger partial charge in [0.25, 0.3) is 0 Å². The third-order valence-corrected chi connectivity index (χ3v) is 4.26. The molecule has 0 saturated heterocycles. The molecule has 5 heteroatoms. The van der Waals surface area contributed by atoms with Gasteiger partial charge in [-0.05, 0) is 23.1 Å². The van der Waals surface area contributed by atoms with Gasteiger partial charge in [0.05, 0.1) is 5.92 Å². The first-order valence-electron chi connectivity index (χ1n) is 7.42. The molecule has 3 rings (SSSR count). The SMILES string of the molecule is CC1(C)CC(=O)C2=C(C1)OC(N)=C(C#N)C2c1cccc(F)c1. The number of benzene rings is 1. The Balaban J connectivity index is 2.19. The van der Waals surface area contributed by atoms with Crippen LogP contribution in [0.3, 0.4) is 0 Å². The molecular weight excluding hydrogens is 295 g/mol. The Hall–Kier alpha value is -2.61. The molecular formula is C18H17FN2O2. The number of ketones is 1. The van der Waals surface area contributed by atoms with Crippen LogP contribution in [0.25, 0.3) is 0 Å². The first-order valence-corrected chi connectivity index (χ1v) is 7.42. The average Bonchev–Trinajstić information content (AvgIpc) is 2.44. The monoisotopic (exact) mass is 312 g/mol. The fraction of sp³-hybridized carbons (Fsp3) is 0.333. The number of carbonyl (C=O) groups is 1. The van der Waals surface area contributed by atoms with Gasteiger partial charge >= 0.3 is 0 Å². The molecule has 118 valence electrons. The smallest absolute Gasteiger partial charge is 0.205 e. The minimum absolute atomic E-state index is 0.00832. The van der Waals surface area contributed by atoms with E-state index < -0.39 is 11.7 Å². The Labute approximate surface area is 134 Å². The van der Waals surface area contributed by atoms with Crippen molar-refractivity contribution in [1.82, 2.24) is 0 Å². The zero-order valence-corrected chi connectivity index (χ0v) is 13.0. The maximum atomic E-state index is 13.6. The molecule has 0 aromatic heterocycles. The molecule has 0 amide bonds. The van der Waals surface area contributed by atoms with Crippen LogP contribution >= 0.6 is 0 Å². The van der Waals surface area contributed by atoms with Crippen LogP contribution < -0.4 is 5.73 Å². The van der Waals surface area contributed by atoms with Gasteiger partial charge in [0.15, 0.2) is 5.78 Å². The van der Waals surface area contributed by atoms with E-state index in [1.165, 1.54) is 12.1 Å². The highest BCUT2D eigenvalue weighted by atomic mass is 19.1. The number of nitrogens with zero attached hydrogens (tertiary/aromatic N) is 1. The number of nitrogens with two attached hydrogens (primary N) is 1. The van der Waals surface area contributed by atoms with Crippen molar-refractivity contribution in [3.05, 3.63) is 58.4 Å². The highest BCUT2D eigenvalue weighted by Gasteiger charge is 2.42. The molecule has 1 aliphatic carbocycles. The van der Waals surface area contributed by atoms with Gasteiger partial charge in [-0.25, -0.2) is 4.39 Å². The number of carbonyl (C=O) groups excluding carboxylic acids is 1. The lowest BCUT2D eigenvalue weighted by Gasteiger charge is -2.37. The summed E-state index contributed by atoms with van der Waals surface area (Å²) in [4.78, 5) is 12.7. The van der Waals surface area contributed by atoms with Gasteiger partial charge in [-0.3, -0.25) is 4.79 Å². The van der Waals surface area contributed by atoms with E-state index in [4.69, 9.17) is 10.5 Å². The molecule has 0 spiro atoms. The first kappa shape index (κ1) is 15.3. The molecule has 0 radical (unpaired) electrons. The van der Waals surface area contributed by atoms with Crippen molar-refractivity contribution in [2.24, 2.45) is 11.1 Å². The van der Waals surface area contributed by atoms with Gasteiger partial charge < -0.3 is 10.5 Å². The predicted octanol–water partition coefficient (Wildman–Crippen LogP) is 3.28. The Morgan fingerprint density at radius 1 is 1.39 bits per heavy atom. The zero-order valence-electron chi connectivity index (χ0n) is 13.0. The predicted molar refractivity (Wildman–Crippen MR) is 82.1 cm³/mol. The quantitative estimate of drug-likeness (QED) is 0.863. The second kappa shape index (κ2) is 5.24. The molecule has 1 aliphatic heterocycles. The fourth-order valence-corrected chi connectivity index (χ4v) is 3.30. The molecule has 2 N–H and O–H groups in total. The maximum Gasteiger partial charge on any atom is 0.205 e. The molecule has 0 bridgehead atoms. The number of Topliss-reactive ketones (excluding diaryl/α,β-unsaturated/α-hetero) is 1. The van der Waals surface area contributed by atoms with Crippen LogP contribution in [0.2, 0.25) is 0 Å². The summed E-state index contributed by atoms with van der Waals surface area (Å²) < 4.78 is 19.2. The topological polar surface area (TPSA) is 76.1 Å². The molecule has 1 aromatic rings. The van der Waals surface area contributed by atoms with E-state index in [0.717, 1.165) is 0 Å². The second-order valence-corrected chi connectivity index (χ2v) is 6.76. The van der Waals surface area contributed by atoms with Crippen molar-refractivity contribution in [2.75, 3.05) is 0 Å². The van der Waals surface area contributed by atoms with E-state index in [1.54, 1.807) is 12.1 Å². The van der Waals surface area contributed by atoms with Crippen molar-refractivity contribution in [3.8, 4) is 6.07 Å². The molecule has 1 heterocycles. The lowest BCUT2D eigenvalue weighted by molar-refractivity contribution is -0.119. The van der Waals surface area contributed by atoms with Crippen LogP contribution in [0.1, 0.15) is 38.2 Å². The highest BCUT2D eigenvalue weighted by molar-refractivity contribution is 6.00. The standard InChI is InChI=1S/C18H17FN2O2/c1-18(2)7-13(22)16-14(8-18)23-17(21)12(9-20)15(16)10-4-3-5-11(19)6-10/h3-6,15H,7-8,21H2,1-2H3. The molecule has 0 saturated carbocycles. The van der Waals surface area contributed by atoms with Crippen molar-refractivity contribution in [1.29, 1.82) is 5.26 Å². The molecule has 2 aliphatic rings. The van der Waals surface area contributed by atoms with E-state index >= 15 is 0 Å². The summed E-state index contributed by atoms with van der Waals surface area (Å²) in [5.41, 5.74) is 6.78. The van der Waals surface area contributed by atoms with Crippen LogP contribution in [-0.4, -0.2) is 5.78 Å². The molecule has 23 heavy (non-hydrogen) atoms. The number of hydrogen-bond acceptors (Lipinski definition) is 4. The van der Waals surface area contributed by atoms with Crippen molar-refractivity contribution >= 4 is 5.78 Å². The van der Waals surface area contributed by atoms with Crippen LogP contribution in [0.15, 0.2) is 47.1 Å². The maximum absolute atomic E-state index is 13.6. The average molecular weight is 312 g/mol. The first-order chi connectivity index (χ1) is 10.8. The summed E-state index contributed by atoms with van der Waals surface area (Å²) in [5, 5.41) is 9.45. The third-order valence-electron chi connectivity index (χ3n) is 4.26. The summed E-state index contributed by atoms with van der Waals surface area (Å²) in [5.74, 6) is -0.674. The Morgan fingerprint density at radius 2 is 2.13 bits per heavy atom. The van der Waals surface area contributed by atoms with Gasteiger partial charge in [0.1, 0.15) is 23.2 Å². The minimum atomic E-state index is -0.664. The molecule has 1 atom stereocenters. The van der Waals surface area contributed by atoms with Gasteiger partial charge in [-0.2, -0.15) is 5.26 Å². The number of rotatable bonds is 1. The summed E-state index contributed by atoms with van der Waals surface area (Å²) in [7, 11) is 0. The van der Waals surface area contributed by atoms with E-state index in [0.29, 0.717) is 29.7 Å². The second-order valence-electron chi connectivity index (χ2n) is 6.76. The van der Waals surface area contributed by atoms with Gasteiger partial charge in [0, 0.05) is 18.4 Å². The van der Waals surface area contributed by atoms with Crippen LogP contribution in [0, 0.1) is 22.6 Å². The zero-order chi connectivity index (χ0) is 16.8. The Kier molecular flexibility index (Phi) is 3.48. The number of allylic oxidation sites excluding steroid dienone is 3. The van der Waals surface area contributed by atoms with E-state index in [9.17, 15) is 14.4 Å². The van der Waals surface area contributed by atoms with Crippen LogP contribution in [0.5, 0.6) is 0 Å². The number of ether oxygens (including phenoxy) is 1. The summed E-state index contributed by atoms with van der Waals surface area (Å²) in [6, 6.07) is 7.92. The minimum Gasteiger partial charge on any atom is -0.444 e. The molecule has 0 fully saturated rings. The lowest BCUT2D eigenvalue weighted by Crippen LogP contribution is -2.33. The lowest BCUT2D eigenvalue weighted by atomic mass is 9.70. The van der Waals surface area contributed by atoms with Crippen molar-refractivity contribution in [2.45, 2.75) is 32.6 Å². The number of hydrogen-bond donors (Lipinski definition) is 1. The summed E-state index contributed by atoms with van der Waals surface area (Å²) in [6.07, 6.45) is 0.916. The largest absolute Gasteiger partial charge is 0.444 e. The van der Waals surface area contributed by atoms with Crippen molar-refractivity contribution < 1.29 is 13.9 Å². The molecule has 1 aromatic carbocycles. The Morgan fingerprint density at radius 3 is 2.78 bits per heavy atom. The number of nitriles is 1. The fourth-order valence-electron chi connectivity index (χ4n) is 3.30. The van der Waals surface area contributed by atoms with Crippen molar-refractivity contribution in [3.63, 3.8) is 0 Å². The van der Waals surface area contributed by atoms with Crippen LogP contribution in [-0.2, 0) is 9.53 Å².